The van der Waals surface area contributed by atoms with Gasteiger partial charge >= 0.3 is 6.03 Å². The number of hydrogen-bond acceptors (Lipinski definition) is 6. The molecule has 1 atom stereocenters. The highest BCUT2D eigenvalue weighted by molar-refractivity contribution is 7.82. The summed E-state index contributed by atoms with van der Waals surface area (Å²) in [6.45, 7) is 7.93. The zero-order valence-corrected chi connectivity index (χ0v) is 28.0. The van der Waals surface area contributed by atoms with E-state index in [1.54, 1.807) is 23.9 Å². The molecular weight excluding hydrogens is 593 g/mol. The monoisotopic (exact) mass is 641 g/mol. The molecule has 0 radical (unpaired) electrons. The van der Waals surface area contributed by atoms with E-state index in [1.165, 1.54) is 16.5 Å². The lowest BCUT2D eigenvalue weighted by atomic mass is 9.89. The van der Waals surface area contributed by atoms with E-state index >= 15 is 0 Å². The third-order valence-corrected chi connectivity index (χ3v) is 10.3. The zero-order chi connectivity index (χ0) is 32.5. The Kier molecular flexibility index (Phi) is 12.6. The normalized spacial score (nSPS) is 17.5. The van der Waals surface area contributed by atoms with Gasteiger partial charge in [0, 0.05) is 63.7 Å². The molecule has 2 amide bonds. The summed E-state index contributed by atoms with van der Waals surface area (Å²) in [5, 5.41) is 11.4. The lowest BCUT2D eigenvalue weighted by Crippen LogP contribution is -2.41. The molecule has 0 spiro atoms. The first-order chi connectivity index (χ1) is 21.8. The Balaban J connectivity index is 0.00000226. The number of anilines is 1. The first kappa shape index (κ1) is 34.7. The van der Waals surface area contributed by atoms with Crippen molar-refractivity contribution in [2.45, 2.75) is 69.4 Å². The minimum atomic E-state index is -1.29. The first-order valence-corrected chi connectivity index (χ1v) is 17.2. The highest BCUT2D eigenvalue weighted by Gasteiger charge is 2.26. The van der Waals surface area contributed by atoms with Gasteiger partial charge in [-0.15, -0.1) is 0 Å². The molecule has 1 aromatic heterocycles. The van der Waals surface area contributed by atoms with Crippen molar-refractivity contribution < 1.29 is 18.2 Å². The van der Waals surface area contributed by atoms with Gasteiger partial charge in [0.15, 0.2) is 5.82 Å². The summed E-state index contributed by atoms with van der Waals surface area (Å²) >= 11 is 0. The van der Waals surface area contributed by atoms with Crippen molar-refractivity contribution in [3.8, 4) is 0 Å². The molecular formula is C33H48FN7O3S. The van der Waals surface area contributed by atoms with Crippen molar-refractivity contribution in [1.82, 2.24) is 29.6 Å². The number of hydrogen-bond donors (Lipinski definition) is 2. The Morgan fingerprint density at radius 1 is 1.07 bits per heavy atom. The second kappa shape index (κ2) is 16.4. The predicted octanol–water partition coefficient (Wildman–Crippen LogP) is 4.56. The van der Waals surface area contributed by atoms with E-state index in [0.717, 1.165) is 69.1 Å². The number of aromatic nitrogens is 2. The van der Waals surface area contributed by atoms with Gasteiger partial charge in [-0.05, 0) is 87.6 Å². The molecule has 10 nitrogen and oxygen atoms in total. The van der Waals surface area contributed by atoms with E-state index in [9.17, 15) is 18.2 Å². The van der Waals surface area contributed by atoms with Gasteiger partial charge in [0.25, 0.3) is 0 Å². The van der Waals surface area contributed by atoms with Crippen LogP contribution in [0.25, 0.3) is 10.9 Å². The van der Waals surface area contributed by atoms with E-state index in [-0.39, 0.29) is 24.8 Å². The lowest BCUT2D eigenvalue weighted by Gasteiger charge is -2.32. The van der Waals surface area contributed by atoms with Crippen LogP contribution >= 0.6 is 0 Å². The number of carbonyl (C=O) groups is 2. The van der Waals surface area contributed by atoms with Crippen molar-refractivity contribution in [2.24, 2.45) is 7.05 Å². The predicted molar refractivity (Wildman–Crippen MR) is 178 cm³/mol. The van der Waals surface area contributed by atoms with Gasteiger partial charge in [-0.3, -0.25) is 14.5 Å². The summed E-state index contributed by atoms with van der Waals surface area (Å²) in [5.74, 6) is 0.634. The van der Waals surface area contributed by atoms with E-state index in [4.69, 9.17) is 0 Å². The van der Waals surface area contributed by atoms with Crippen LogP contribution in [0.4, 0.5) is 15.0 Å². The maximum absolute atomic E-state index is 14.9. The summed E-state index contributed by atoms with van der Waals surface area (Å²) in [7, 11) is 4.10. The third-order valence-electron chi connectivity index (χ3n) is 8.81. The molecule has 0 aliphatic carbocycles. The summed E-state index contributed by atoms with van der Waals surface area (Å²) in [4.78, 5) is 27.9. The second-order valence-electron chi connectivity index (χ2n) is 11.4. The van der Waals surface area contributed by atoms with Crippen LogP contribution in [0.3, 0.4) is 0 Å². The van der Waals surface area contributed by atoms with Crippen LogP contribution in [0.15, 0.2) is 41.3 Å². The maximum Gasteiger partial charge on any atom is 0.322 e. The number of amides is 2. The number of likely N-dealkylation sites (tertiary alicyclic amines) is 1. The number of aldehydes is 1. The van der Waals surface area contributed by atoms with E-state index in [0.29, 0.717) is 34.8 Å². The van der Waals surface area contributed by atoms with E-state index in [1.807, 2.05) is 38.3 Å². The van der Waals surface area contributed by atoms with E-state index in [2.05, 4.69) is 32.8 Å². The molecule has 3 heterocycles. The average Bonchev–Trinajstić information content (AvgIpc) is 3.41. The number of benzene rings is 2. The fourth-order valence-electron chi connectivity index (χ4n) is 6.23. The highest BCUT2D eigenvalue weighted by Crippen LogP contribution is 2.34. The van der Waals surface area contributed by atoms with Crippen LogP contribution in [0.1, 0.15) is 63.0 Å². The maximum atomic E-state index is 14.9. The first-order valence-electron chi connectivity index (χ1n) is 16.1. The zero-order valence-electron chi connectivity index (χ0n) is 27.2. The van der Waals surface area contributed by atoms with Crippen molar-refractivity contribution >= 4 is 40.0 Å². The topological polar surface area (TPSA) is 103 Å². The van der Waals surface area contributed by atoms with Crippen molar-refractivity contribution in [3.63, 3.8) is 0 Å². The molecule has 2 aliphatic heterocycles. The third kappa shape index (κ3) is 8.16. The summed E-state index contributed by atoms with van der Waals surface area (Å²) < 4.78 is 31.9. The highest BCUT2D eigenvalue weighted by atomic mass is 32.2. The van der Waals surface area contributed by atoms with Gasteiger partial charge in [0.05, 0.1) is 10.4 Å². The molecule has 1 unspecified atom stereocenters. The SMILES string of the molecule is CC.CNC(=O)N(CCC=O)c1nn(C)c2cc(C3CCN(Cc4cc(S(=O)N5CCC(NC)CC5)ccc4F)CC3)ccc12. The minimum Gasteiger partial charge on any atom is -0.341 e. The van der Waals surface area contributed by atoms with Crippen LogP contribution in [0.2, 0.25) is 0 Å². The van der Waals surface area contributed by atoms with Gasteiger partial charge in [-0.25, -0.2) is 17.7 Å². The average molecular weight is 642 g/mol. The van der Waals surface area contributed by atoms with Crippen molar-refractivity contribution in [1.29, 1.82) is 0 Å². The Bertz CT molecular complexity index is 1470. The molecule has 12 heteroatoms. The summed E-state index contributed by atoms with van der Waals surface area (Å²) in [5.41, 5.74) is 2.73. The molecule has 3 aromatic rings. The van der Waals surface area contributed by atoms with Crippen LogP contribution in [0, 0.1) is 5.82 Å². The molecule has 5 rings (SSSR count). The lowest BCUT2D eigenvalue weighted by molar-refractivity contribution is -0.107. The van der Waals surface area contributed by atoms with Gasteiger partial charge in [0.2, 0.25) is 0 Å². The largest absolute Gasteiger partial charge is 0.341 e. The quantitative estimate of drug-likeness (QED) is 0.315. The van der Waals surface area contributed by atoms with Crippen LogP contribution < -0.4 is 15.5 Å². The molecule has 45 heavy (non-hydrogen) atoms. The number of carbonyl (C=O) groups excluding carboxylic acids is 2. The Morgan fingerprint density at radius 3 is 2.42 bits per heavy atom. The number of aryl methyl sites for hydroxylation is 1. The summed E-state index contributed by atoms with van der Waals surface area (Å²) in [6, 6.07) is 11.3. The van der Waals surface area contributed by atoms with Crippen molar-refractivity contribution in [3.05, 3.63) is 53.3 Å². The van der Waals surface area contributed by atoms with Gasteiger partial charge in [-0.2, -0.15) is 5.10 Å². The minimum absolute atomic E-state index is 0.226. The number of nitrogens with zero attached hydrogens (tertiary/aromatic N) is 5. The number of nitrogens with one attached hydrogen (secondary N) is 2. The van der Waals surface area contributed by atoms with Gasteiger partial charge < -0.3 is 15.4 Å². The molecule has 2 aliphatic rings. The Hall–Kier alpha value is -3.19. The Labute approximate surface area is 268 Å². The Morgan fingerprint density at radius 2 is 1.78 bits per heavy atom. The number of piperidine rings is 2. The molecule has 2 N–H and O–H groups in total. The van der Waals surface area contributed by atoms with Crippen LogP contribution in [0.5, 0.6) is 0 Å². The molecule has 246 valence electrons. The molecule has 2 aromatic carbocycles. The number of rotatable bonds is 10. The number of fused-ring (bicyclic) bond motifs is 1. The molecule has 0 saturated carbocycles. The molecule has 0 bridgehead atoms. The van der Waals surface area contributed by atoms with Gasteiger partial charge in [0.1, 0.15) is 23.1 Å². The van der Waals surface area contributed by atoms with Gasteiger partial charge in [-0.1, -0.05) is 19.9 Å². The summed E-state index contributed by atoms with van der Waals surface area (Å²) in [6.07, 6.45) is 4.81. The number of halogens is 1. The number of urea groups is 1. The van der Waals surface area contributed by atoms with E-state index < -0.39 is 11.0 Å². The van der Waals surface area contributed by atoms with Crippen molar-refractivity contribution in [2.75, 3.05) is 51.7 Å². The fourth-order valence-corrected chi connectivity index (χ4v) is 7.50. The standard InChI is InChI=1S/C31H42FN7O3S.C2H6/c1-33-25-11-16-38(17-12-25)43(42)26-6-8-28(32)24(19-26)21-37-14-9-22(10-15-37)23-5-7-27-29(20-23)36(3)35-30(27)39(13-4-18-40)31(41)34-2;1-2/h5-8,18-20,22,25,33H,4,9-17,21H2,1-3H3,(H,34,41);1-2H3. The van der Waals surface area contributed by atoms with Crippen LogP contribution in [-0.2, 0) is 29.4 Å². The smallest absolute Gasteiger partial charge is 0.322 e. The molecule has 2 saturated heterocycles. The molecule has 2 fully saturated rings. The fraction of sp³-hybridized carbons (Fsp3) is 0.545. The van der Waals surface area contributed by atoms with Crippen LogP contribution in [-0.4, -0.2) is 88.4 Å². The second-order valence-corrected chi connectivity index (χ2v) is 12.9.